The Labute approximate surface area is 229 Å². The summed E-state index contributed by atoms with van der Waals surface area (Å²) in [4.78, 5) is 14.0. The van der Waals surface area contributed by atoms with E-state index in [2.05, 4.69) is 22.5 Å². The molecule has 0 spiro atoms. The lowest BCUT2D eigenvalue weighted by molar-refractivity contribution is -0.700. The average molecular weight is 545 g/mol. The van der Waals surface area contributed by atoms with Gasteiger partial charge >= 0.3 is 0 Å². The molecule has 202 valence electrons. The van der Waals surface area contributed by atoms with Gasteiger partial charge in [0.2, 0.25) is 6.20 Å². The van der Waals surface area contributed by atoms with E-state index in [0.29, 0.717) is 16.7 Å². The summed E-state index contributed by atoms with van der Waals surface area (Å²) in [5.41, 5.74) is 6.60. The molecule has 0 unspecified atom stereocenters. The summed E-state index contributed by atoms with van der Waals surface area (Å²) >= 11 is 0. The number of nitrogens with zero attached hydrogens (tertiary/aromatic N) is 2. The minimum absolute atomic E-state index is 0.0506. The third-order valence-corrected chi connectivity index (χ3v) is 7.98. The third-order valence-electron chi connectivity index (χ3n) is 6.83. The molecule has 1 amide bonds. The Morgan fingerprint density at radius 2 is 1.59 bits per heavy atom. The third kappa shape index (κ3) is 6.50. The first-order chi connectivity index (χ1) is 18.4. The van der Waals surface area contributed by atoms with Crippen LogP contribution < -0.4 is 16.0 Å². The molecule has 4 aromatic rings. The van der Waals surface area contributed by atoms with E-state index in [9.17, 15) is 17.8 Å². The van der Waals surface area contributed by atoms with Crippen molar-refractivity contribution >= 4 is 16.0 Å². The zero-order valence-corrected chi connectivity index (χ0v) is 23.2. The van der Waals surface area contributed by atoms with Gasteiger partial charge in [0.25, 0.3) is 5.91 Å². The maximum atomic E-state index is 12.9. The Hall–Kier alpha value is -4.08. The standard InChI is InChI=1S/C21H20N4O.C9H12O3S/c1-15-7-8-16(13-19(15)17-9-12-25(22)23-14-17)20(26)24-21(10-11-21)18-5-3-2-4-6-18;1-6-4-7(2)9(8(3)5-6)13(10,11)12/h2-9,12-14H,10-11H2,1H3,(H2-,22,23,24,26);4-5H,1-3H3,(H,10,11,12). The molecular formula is C30H32N4O4S. The molecular weight excluding hydrogens is 512 g/mol. The van der Waals surface area contributed by atoms with Crippen LogP contribution in [0.1, 0.15) is 51.0 Å². The monoisotopic (exact) mass is 544 g/mol. The fourth-order valence-corrected chi connectivity index (χ4v) is 5.73. The summed E-state index contributed by atoms with van der Waals surface area (Å²) in [6.07, 6.45) is 5.34. The molecule has 8 nitrogen and oxygen atoms in total. The van der Waals surface area contributed by atoms with Crippen LogP contribution in [0.4, 0.5) is 0 Å². The fourth-order valence-electron chi connectivity index (χ4n) is 4.82. The second kappa shape index (κ2) is 11.0. The van der Waals surface area contributed by atoms with E-state index in [-0.39, 0.29) is 16.3 Å². The summed E-state index contributed by atoms with van der Waals surface area (Å²) in [7, 11) is -4.33. The van der Waals surface area contributed by atoms with Crippen molar-refractivity contribution in [2.24, 2.45) is 0 Å². The fraction of sp³-hybridized carbons (Fsp3) is 0.233. The minimum Gasteiger partial charge on any atom is -0.744 e. The highest BCUT2D eigenvalue weighted by molar-refractivity contribution is 7.85. The van der Waals surface area contributed by atoms with Gasteiger partial charge in [0, 0.05) is 27.1 Å². The second-order valence-corrected chi connectivity index (χ2v) is 11.3. The largest absolute Gasteiger partial charge is 0.744 e. The first kappa shape index (κ1) is 27.9. The Morgan fingerprint density at radius 3 is 2.13 bits per heavy atom. The molecule has 39 heavy (non-hydrogen) atoms. The average Bonchev–Trinajstić information content (AvgIpc) is 3.65. The number of rotatable bonds is 5. The number of hydrogen-bond donors (Lipinski definition) is 2. The van der Waals surface area contributed by atoms with Gasteiger partial charge in [-0.1, -0.05) is 54.1 Å². The molecule has 0 atom stereocenters. The first-order valence-electron chi connectivity index (χ1n) is 12.6. The molecule has 0 bridgehead atoms. The van der Waals surface area contributed by atoms with E-state index in [1.165, 1.54) is 10.4 Å². The molecule has 5 rings (SSSR count). The number of nitrogens with two attached hydrogens (primary N) is 1. The summed E-state index contributed by atoms with van der Waals surface area (Å²) in [5.74, 6) is 5.54. The highest BCUT2D eigenvalue weighted by Gasteiger charge is 2.45. The minimum atomic E-state index is -4.33. The van der Waals surface area contributed by atoms with E-state index in [1.807, 2.05) is 56.3 Å². The van der Waals surface area contributed by atoms with E-state index in [0.717, 1.165) is 35.1 Å². The number of aromatic nitrogens is 2. The van der Waals surface area contributed by atoms with Crippen LogP contribution in [0.3, 0.4) is 0 Å². The van der Waals surface area contributed by atoms with Gasteiger partial charge in [-0.05, 0) is 80.5 Å². The van der Waals surface area contributed by atoms with Gasteiger partial charge in [0.05, 0.1) is 10.4 Å². The molecule has 3 N–H and O–H groups in total. The summed E-state index contributed by atoms with van der Waals surface area (Å²) < 4.78 is 32.5. The molecule has 3 aromatic carbocycles. The predicted molar refractivity (Wildman–Crippen MR) is 148 cm³/mol. The lowest BCUT2D eigenvalue weighted by Gasteiger charge is -2.18. The Morgan fingerprint density at radius 1 is 0.949 bits per heavy atom. The number of nitrogens with one attached hydrogen (secondary N) is 1. The molecule has 1 aliphatic carbocycles. The van der Waals surface area contributed by atoms with Gasteiger partial charge in [-0.15, -0.1) is 0 Å². The van der Waals surface area contributed by atoms with E-state index in [1.54, 1.807) is 38.4 Å². The quantitative estimate of drug-likeness (QED) is 0.222. The van der Waals surface area contributed by atoms with Crippen molar-refractivity contribution in [3.8, 4) is 11.1 Å². The van der Waals surface area contributed by atoms with Crippen LogP contribution in [-0.4, -0.2) is 24.0 Å². The van der Waals surface area contributed by atoms with Gasteiger partial charge in [0.15, 0.2) is 0 Å². The van der Waals surface area contributed by atoms with Gasteiger partial charge in [-0.3, -0.25) is 4.79 Å². The maximum absolute atomic E-state index is 12.9. The predicted octanol–water partition coefficient (Wildman–Crippen LogP) is 3.99. The molecule has 1 fully saturated rings. The Bertz CT molecular complexity index is 1590. The van der Waals surface area contributed by atoms with Crippen LogP contribution in [0.5, 0.6) is 0 Å². The van der Waals surface area contributed by atoms with Crippen LogP contribution in [0.25, 0.3) is 11.1 Å². The summed E-state index contributed by atoms with van der Waals surface area (Å²) in [6, 6.07) is 21.2. The number of nitrogen functional groups attached to an aromatic ring is 1. The van der Waals surface area contributed by atoms with Crippen molar-refractivity contribution in [1.29, 1.82) is 0 Å². The molecule has 1 aliphatic rings. The SMILES string of the molecule is Cc1cc(C)c(S(=O)(=O)[O-])c(C)c1.Cc1ccc(C(=O)NC2(c3ccccc3)CC2)cc1-c1cc[n+](N)nc1. The van der Waals surface area contributed by atoms with Crippen LogP contribution in [0.15, 0.2) is 84.0 Å². The van der Waals surface area contributed by atoms with Gasteiger partial charge < -0.3 is 9.87 Å². The van der Waals surface area contributed by atoms with Crippen molar-refractivity contribution in [3.05, 3.63) is 113 Å². The normalized spacial score (nSPS) is 13.7. The Balaban J connectivity index is 0.000000229. The van der Waals surface area contributed by atoms with Gasteiger partial charge in [-0.2, -0.15) is 5.84 Å². The van der Waals surface area contributed by atoms with Crippen molar-refractivity contribution in [1.82, 2.24) is 10.4 Å². The molecule has 9 heteroatoms. The second-order valence-electron chi connectivity index (χ2n) is 10.0. The lowest BCUT2D eigenvalue weighted by atomic mass is 9.98. The zero-order chi connectivity index (χ0) is 28.4. The van der Waals surface area contributed by atoms with Gasteiger partial charge in [-0.25, -0.2) is 8.42 Å². The number of benzene rings is 3. The zero-order valence-electron chi connectivity index (χ0n) is 22.4. The molecule has 0 radical (unpaired) electrons. The molecule has 1 saturated carbocycles. The topological polar surface area (TPSA) is 129 Å². The number of amides is 1. The van der Waals surface area contributed by atoms with Crippen molar-refractivity contribution in [3.63, 3.8) is 0 Å². The molecule has 1 aromatic heterocycles. The highest BCUT2D eigenvalue weighted by Crippen LogP contribution is 2.45. The van der Waals surface area contributed by atoms with Gasteiger partial charge in [0.1, 0.15) is 16.3 Å². The number of hydrogen-bond acceptors (Lipinski definition) is 6. The first-order valence-corrected chi connectivity index (χ1v) is 14.0. The number of carbonyl (C=O) groups excluding carboxylic acids is 1. The number of carbonyl (C=O) groups is 1. The van der Waals surface area contributed by atoms with E-state index < -0.39 is 10.1 Å². The van der Waals surface area contributed by atoms with Crippen molar-refractivity contribution < 1.29 is 22.6 Å². The Kier molecular flexibility index (Phi) is 7.85. The number of aryl methyl sites for hydroxylation is 4. The summed E-state index contributed by atoms with van der Waals surface area (Å²) in [6.45, 7) is 7.14. The van der Waals surface area contributed by atoms with E-state index in [4.69, 9.17) is 5.84 Å². The molecule has 1 heterocycles. The van der Waals surface area contributed by atoms with Crippen LogP contribution in [-0.2, 0) is 15.7 Å². The molecule has 0 aliphatic heterocycles. The smallest absolute Gasteiger partial charge is 0.251 e. The van der Waals surface area contributed by atoms with Crippen LogP contribution >= 0.6 is 0 Å². The summed E-state index contributed by atoms with van der Waals surface area (Å²) in [5, 5.41) is 7.30. The van der Waals surface area contributed by atoms with Crippen LogP contribution in [0.2, 0.25) is 0 Å². The highest BCUT2D eigenvalue weighted by atomic mass is 32.2. The lowest BCUT2D eigenvalue weighted by Crippen LogP contribution is -2.47. The maximum Gasteiger partial charge on any atom is 0.251 e. The van der Waals surface area contributed by atoms with E-state index >= 15 is 0 Å². The van der Waals surface area contributed by atoms with Crippen LogP contribution in [0, 0.1) is 27.7 Å². The molecule has 0 saturated heterocycles. The van der Waals surface area contributed by atoms with Crippen molar-refractivity contribution in [2.45, 2.75) is 51.0 Å². The van der Waals surface area contributed by atoms with Crippen molar-refractivity contribution in [2.75, 3.05) is 5.84 Å².